The molecule has 2 aliphatic rings. The number of amides is 2. The molecule has 3 rings (SSSR count). The van der Waals surface area contributed by atoms with E-state index < -0.39 is 0 Å². The van der Waals surface area contributed by atoms with Crippen molar-refractivity contribution in [3.8, 4) is 0 Å². The van der Waals surface area contributed by atoms with Gasteiger partial charge in [-0.15, -0.1) is 11.3 Å². The third-order valence-electron chi connectivity index (χ3n) is 4.81. The number of nitrogens with zero attached hydrogens (tertiary/aromatic N) is 1. The molecule has 5 nitrogen and oxygen atoms in total. The summed E-state index contributed by atoms with van der Waals surface area (Å²) in [5, 5.41) is 18.7. The maximum atomic E-state index is 12.4. The van der Waals surface area contributed by atoms with E-state index in [2.05, 4.69) is 15.6 Å². The molecule has 0 aliphatic heterocycles. The maximum Gasteiger partial charge on any atom is 0.315 e. The molecular formula is C16H25N3O2S. The Morgan fingerprint density at radius 1 is 1.32 bits per heavy atom. The van der Waals surface area contributed by atoms with Gasteiger partial charge in [-0.3, -0.25) is 0 Å². The first-order valence-electron chi connectivity index (χ1n) is 8.35. The van der Waals surface area contributed by atoms with Gasteiger partial charge in [-0.1, -0.05) is 19.3 Å². The van der Waals surface area contributed by atoms with Gasteiger partial charge in [-0.2, -0.15) is 0 Å². The van der Waals surface area contributed by atoms with E-state index >= 15 is 0 Å². The van der Waals surface area contributed by atoms with E-state index in [4.69, 9.17) is 0 Å². The molecule has 22 heavy (non-hydrogen) atoms. The van der Waals surface area contributed by atoms with Crippen molar-refractivity contribution in [1.82, 2.24) is 15.6 Å². The van der Waals surface area contributed by atoms with Crippen LogP contribution < -0.4 is 10.6 Å². The molecule has 1 heterocycles. The van der Waals surface area contributed by atoms with Gasteiger partial charge in [-0.05, 0) is 31.6 Å². The van der Waals surface area contributed by atoms with Crippen LogP contribution in [0.3, 0.4) is 0 Å². The summed E-state index contributed by atoms with van der Waals surface area (Å²) in [6.45, 7) is 0.156. The smallest absolute Gasteiger partial charge is 0.315 e. The van der Waals surface area contributed by atoms with Gasteiger partial charge in [0.2, 0.25) is 0 Å². The predicted octanol–water partition coefficient (Wildman–Crippen LogP) is 2.83. The Morgan fingerprint density at radius 2 is 2.14 bits per heavy atom. The standard InChI is InChI=1S/C16H25N3O2S/c20-10-12-4-2-1-3-5-13(12)18-16(21)19-14(11-6-7-11)15-17-8-9-22-15/h8-9,11-14,20H,1-7,10H2,(H2,18,19,21). The normalized spacial score (nSPS) is 27.0. The van der Waals surface area contributed by atoms with Gasteiger partial charge in [0.15, 0.2) is 0 Å². The Bertz CT molecular complexity index is 476. The Morgan fingerprint density at radius 3 is 2.82 bits per heavy atom. The van der Waals surface area contributed by atoms with E-state index in [1.165, 1.54) is 6.42 Å². The Hall–Kier alpha value is -1.14. The highest BCUT2D eigenvalue weighted by molar-refractivity contribution is 7.09. The molecule has 0 saturated heterocycles. The van der Waals surface area contributed by atoms with Crippen molar-refractivity contribution in [2.24, 2.45) is 11.8 Å². The summed E-state index contributed by atoms with van der Waals surface area (Å²) in [5.74, 6) is 0.715. The van der Waals surface area contributed by atoms with Gasteiger partial charge in [0.25, 0.3) is 0 Å². The first-order valence-corrected chi connectivity index (χ1v) is 9.23. The summed E-state index contributed by atoms with van der Waals surface area (Å²) in [6, 6.07) is 0.0134. The zero-order valence-corrected chi connectivity index (χ0v) is 13.6. The second-order valence-electron chi connectivity index (χ2n) is 6.49. The van der Waals surface area contributed by atoms with Gasteiger partial charge in [-0.25, -0.2) is 9.78 Å². The van der Waals surface area contributed by atoms with Gasteiger partial charge >= 0.3 is 6.03 Å². The highest BCUT2D eigenvalue weighted by Crippen LogP contribution is 2.41. The molecule has 122 valence electrons. The minimum atomic E-state index is -0.113. The van der Waals surface area contributed by atoms with Crippen molar-refractivity contribution in [1.29, 1.82) is 0 Å². The van der Waals surface area contributed by atoms with Crippen LogP contribution in [0.15, 0.2) is 11.6 Å². The molecule has 2 aliphatic carbocycles. The van der Waals surface area contributed by atoms with Crippen LogP contribution in [0.25, 0.3) is 0 Å². The summed E-state index contributed by atoms with van der Waals surface area (Å²) in [7, 11) is 0. The summed E-state index contributed by atoms with van der Waals surface area (Å²) in [5.41, 5.74) is 0. The SMILES string of the molecule is O=C(NC1CCCCCC1CO)NC(c1nccs1)C1CC1. The van der Waals surface area contributed by atoms with Gasteiger partial charge in [0.1, 0.15) is 5.01 Å². The lowest BCUT2D eigenvalue weighted by Gasteiger charge is -2.26. The van der Waals surface area contributed by atoms with E-state index in [0.29, 0.717) is 5.92 Å². The lowest BCUT2D eigenvalue weighted by molar-refractivity contribution is 0.178. The molecular weight excluding hydrogens is 298 g/mol. The molecule has 3 unspecified atom stereocenters. The van der Waals surface area contributed by atoms with Crippen molar-refractivity contribution in [3.05, 3.63) is 16.6 Å². The number of aliphatic hydroxyl groups excluding tert-OH is 1. The molecule has 6 heteroatoms. The van der Waals surface area contributed by atoms with E-state index in [0.717, 1.165) is 43.5 Å². The quantitative estimate of drug-likeness (QED) is 0.730. The second-order valence-corrected chi connectivity index (χ2v) is 7.42. The molecule has 2 amide bonds. The predicted molar refractivity (Wildman–Crippen MR) is 86.7 cm³/mol. The maximum absolute atomic E-state index is 12.4. The van der Waals surface area contributed by atoms with Crippen molar-refractivity contribution >= 4 is 17.4 Å². The number of urea groups is 1. The zero-order valence-electron chi connectivity index (χ0n) is 12.8. The first kappa shape index (κ1) is 15.7. The minimum absolute atomic E-state index is 0.0401. The zero-order chi connectivity index (χ0) is 15.4. The van der Waals surface area contributed by atoms with Crippen molar-refractivity contribution in [2.75, 3.05) is 6.61 Å². The van der Waals surface area contributed by atoms with Crippen LogP contribution in [-0.4, -0.2) is 28.8 Å². The van der Waals surface area contributed by atoms with Gasteiger partial charge in [0.05, 0.1) is 6.04 Å². The van der Waals surface area contributed by atoms with E-state index in [1.807, 2.05) is 5.38 Å². The van der Waals surface area contributed by atoms with Crippen LogP contribution in [0.4, 0.5) is 4.79 Å². The van der Waals surface area contributed by atoms with E-state index in [1.54, 1.807) is 17.5 Å². The molecule has 1 aromatic heterocycles. The number of hydrogen-bond donors (Lipinski definition) is 3. The number of hydrogen-bond acceptors (Lipinski definition) is 4. The molecule has 0 radical (unpaired) electrons. The van der Waals surface area contributed by atoms with E-state index in [-0.39, 0.29) is 30.6 Å². The molecule has 0 aromatic carbocycles. The Kier molecular flexibility index (Phi) is 5.31. The van der Waals surface area contributed by atoms with Crippen molar-refractivity contribution < 1.29 is 9.90 Å². The fourth-order valence-corrected chi connectivity index (χ4v) is 4.12. The number of carbonyl (C=O) groups is 1. The average molecular weight is 323 g/mol. The summed E-state index contributed by atoms with van der Waals surface area (Å²) >= 11 is 1.60. The molecule has 3 atom stereocenters. The number of aliphatic hydroxyl groups is 1. The van der Waals surface area contributed by atoms with Crippen molar-refractivity contribution in [2.45, 2.75) is 57.0 Å². The molecule has 2 saturated carbocycles. The lowest BCUT2D eigenvalue weighted by Crippen LogP contribution is -2.47. The number of nitrogens with one attached hydrogen (secondary N) is 2. The van der Waals surface area contributed by atoms with Crippen LogP contribution >= 0.6 is 11.3 Å². The topological polar surface area (TPSA) is 74.2 Å². The molecule has 1 aromatic rings. The molecule has 3 N–H and O–H groups in total. The third-order valence-corrected chi connectivity index (χ3v) is 5.67. The highest BCUT2D eigenvalue weighted by atomic mass is 32.1. The number of aromatic nitrogens is 1. The summed E-state index contributed by atoms with van der Waals surface area (Å²) < 4.78 is 0. The van der Waals surface area contributed by atoms with Crippen molar-refractivity contribution in [3.63, 3.8) is 0 Å². The fourth-order valence-electron chi connectivity index (χ4n) is 3.34. The Labute approximate surface area is 135 Å². The molecule has 2 fully saturated rings. The summed E-state index contributed by atoms with van der Waals surface area (Å²) in [6.07, 6.45) is 9.54. The molecule has 0 bridgehead atoms. The Balaban J connectivity index is 1.58. The van der Waals surface area contributed by atoms with Crippen LogP contribution in [0.2, 0.25) is 0 Å². The minimum Gasteiger partial charge on any atom is -0.396 e. The average Bonchev–Trinajstić information content (AvgIpc) is 3.26. The third kappa shape index (κ3) is 3.98. The summed E-state index contributed by atoms with van der Waals surface area (Å²) in [4.78, 5) is 16.8. The van der Waals surface area contributed by atoms with Gasteiger partial charge < -0.3 is 15.7 Å². The van der Waals surface area contributed by atoms with Crippen LogP contribution in [0, 0.1) is 11.8 Å². The second kappa shape index (κ2) is 7.42. The number of carbonyl (C=O) groups excluding carboxylic acids is 1. The number of thiazole rings is 1. The van der Waals surface area contributed by atoms with Crippen LogP contribution in [-0.2, 0) is 0 Å². The van der Waals surface area contributed by atoms with Crippen LogP contribution in [0.1, 0.15) is 56.0 Å². The number of rotatable bonds is 5. The van der Waals surface area contributed by atoms with Crippen LogP contribution in [0.5, 0.6) is 0 Å². The largest absolute Gasteiger partial charge is 0.396 e. The highest BCUT2D eigenvalue weighted by Gasteiger charge is 2.35. The van der Waals surface area contributed by atoms with E-state index in [9.17, 15) is 9.90 Å². The van der Waals surface area contributed by atoms with Gasteiger partial charge in [0, 0.05) is 30.1 Å². The lowest BCUT2D eigenvalue weighted by atomic mass is 9.96. The fraction of sp³-hybridized carbons (Fsp3) is 0.750. The monoisotopic (exact) mass is 323 g/mol. The first-order chi connectivity index (χ1) is 10.8. The molecule has 0 spiro atoms.